The average molecular weight is 311 g/mol. The summed E-state index contributed by atoms with van der Waals surface area (Å²) in [6.07, 6.45) is 9.95. The Labute approximate surface area is 117 Å². The Balaban J connectivity index is 1.66. The van der Waals surface area contributed by atoms with Gasteiger partial charge >= 0.3 is 0 Å². The van der Waals surface area contributed by atoms with Gasteiger partial charge in [-0.2, -0.15) is 0 Å². The van der Waals surface area contributed by atoms with Crippen molar-refractivity contribution in [2.45, 2.75) is 44.9 Å². The van der Waals surface area contributed by atoms with E-state index >= 15 is 0 Å². The topological polar surface area (TPSA) is 42.0 Å². The van der Waals surface area contributed by atoms with Crippen LogP contribution in [0.4, 0.5) is 5.82 Å². The van der Waals surface area contributed by atoms with Crippen molar-refractivity contribution in [2.24, 2.45) is 5.92 Å². The Kier molecular flexibility index (Phi) is 5.17. The molecule has 0 atom stereocenters. The van der Waals surface area contributed by atoms with E-state index in [1.165, 1.54) is 32.1 Å². The molecule has 1 heterocycles. The molecule has 1 amide bonds. The van der Waals surface area contributed by atoms with Crippen molar-refractivity contribution >= 4 is 27.7 Å². The number of hydrogen-bond donors (Lipinski definition) is 1. The third-order valence-corrected chi connectivity index (χ3v) is 3.95. The number of hydrogen-bond acceptors (Lipinski definition) is 2. The summed E-state index contributed by atoms with van der Waals surface area (Å²) in [7, 11) is 0. The van der Waals surface area contributed by atoms with Gasteiger partial charge in [-0.25, -0.2) is 4.98 Å². The number of carbonyl (C=O) groups excluding carboxylic acids is 1. The fourth-order valence-corrected chi connectivity index (χ4v) is 2.74. The second-order valence-electron chi connectivity index (χ2n) is 4.95. The van der Waals surface area contributed by atoms with E-state index in [-0.39, 0.29) is 5.91 Å². The summed E-state index contributed by atoms with van der Waals surface area (Å²) in [5.74, 6) is 1.57. The Morgan fingerprint density at radius 2 is 2.17 bits per heavy atom. The molecule has 1 aliphatic carbocycles. The molecule has 3 nitrogen and oxygen atoms in total. The summed E-state index contributed by atoms with van der Waals surface area (Å²) in [5.41, 5.74) is 0. The van der Waals surface area contributed by atoms with E-state index in [0.29, 0.717) is 12.2 Å². The summed E-state index contributed by atoms with van der Waals surface area (Å²) in [6, 6.07) is 3.68. The van der Waals surface area contributed by atoms with Gasteiger partial charge in [-0.15, -0.1) is 0 Å². The van der Waals surface area contributed by atoms with E-state index < -0.39 is 0 Å². The van der Waals surface area contributed by atoms with Crippen LogP contribution in [-0.2, 0) is 4.79 Å². The molecule has 0 radical (unpaired) electrons. The van der Waals surface area contributed by atoms with Crippen molar-refractivity contribution in [3.8, 4) is 0 Å². The molecule has 0 saturated heterocycles. The molecule has 18 heavy (non-hydrogen) atoms. The molecule has 1 saturated carbocycles. The van der Waals surface area contributed by atoms with Gasteiger partial charge in [0.2, 0.25) is 5.91 Å². The molecule has 98 valence electrons. The van der Waals surface area contributed by atoms with Crippen LogP contribution in [0.25, 0.3) is 0 Å². The fraction of sp³-hybridized carbons (Fsp3) is 0.571. The molecule has 1 fully saturated rings. The summed E-state index contributed by atoms with van der Waals surface area (Å²) >= 11 is 3.32. The largest absolute Gasteiger partial charge is 0.311 e. The zero-order valence-electron chi connectivity index (χ0n) is 10.5. The van der Waals surface area contributed by atoms with E-state index in [0.717, 1.165) is 16.8 Å². The third kappa shape index (κ3) is 4.41. The first-order valence-corrected chi connectivity index (χ1v) is 7.45. The van der Waals surface area contributed by atoms with Crippen molar-refractivity contribution in [1.82, 2.24) is 4.98 Å². The fourth-order valence-electron chi connectivity index (χ4n) is 2.51. The lowest BCUT2D eigenvalue weighted by Gasteiger charge is -2.08. The SMILES string of the molecule is O=C(CCCC1CCCC1)Nc1ccc(Br)cn1. The molecule has 0 aliphatic heterocycles. The molecule has 4 heteroatoms. The summed E-state index contributed by atoms with van der Waals surface area (Å²) in [5, 5.41) is 2.82. The monoisotopic (exact) mass is 310 g/mol. The summed E-state index contributed by atoms with van der Waals surface area (Å²) < 4.78 is 0.918. The normalized spacial score (nSPS) is 15.8. The molecule has 2 rings (SSSR count). The van der Waals surface area contributed by atoms with Crippen molar-refractivity contribution < 1.29 is 4.79 Å². The molecule has 0 bridgehead atoms. The van der Waals surface area contributed by atoms with E-state index in [1.807, 2.05) is 6.07 Å². The van der Waals surface area contributed by atoms with E-state index in [2.05, 4.69) is 26.2 Å². The van der Waals surface area contributed by atoms with Gasteiger partial charge in [0, 0.05) is 17.1 Å². The number of carbonyl (C=O) groups is 1. The molecular formula is C14H19BrN2O. The quantitative estimate of drug-likeness (QED) is 0.888. The van der Waals surface area contributed by atoms with Crippen LogP contribution in [0.1, 0.15) is 44.9 Å². The lowest BCUT2D eigenvalue weighted by atomic mass is 10.0. The van der Waals surface area contributed by atoms with Crippen molar-refractivity contribution in [3.63, 3.8) is 0 Å². The lowest BCUT2D eigenvalue weighted by Crippen LogP contribution is -2.12. The van der Waals surface area contributed by atoms with Gasteiger partial charge in [0.25, 0.3) is 0 Å². The molecule has 1 aromatic rings. The van der Waals surface area contributed by atoms with E-state index in [4.69, 9.17) is 0 Å². The number of rotatable bonds is 5. The van der Waals surface area contributed by atoms with Crippen LogP contribution in [0.2, 0.25) is 0 Å². The maximum atomic E-state index is 11.7. The van der Waals surface area contributed by atoms with Crippen molar-refractivity contribution in [2.75, 3.05) is 5.32 Å². The second-order valence-corrected chi connectivity index (χ2v) is 5.87. The highest BCUT2D eigenvalue weighted by molar-refractivity contribution is 9.10. The minimum Gasteiger partial charge on any atom is -0.311 e. The molecule has 0 spiro atoms. The van der Waals surface area contributed by atoms with Gasteiger partial charge < -0.3 is 5.32 Å². The lowest BCUT2D eigenvalue weighted by molar-refractivity contribution is -0.116. The number of aromatic nitrogens is 1. The predicted octanol–water partition coefficient (Wildman–Crippen LogP) is 4.14. The maximum absolute atomic E-state index is 11.7. The Morgan fingerprint density at radius 1 is 1.39 bits per heavy atom. The van der Waals surface area contributed by atoms with E-state index in [1.54, 1.807) is 12.3 Å². The first kappa shape index (κ1) is 13.5. The third-order valence-electron chi connectivity index (χ3n) is 3.49. The molecular weight excluding hydrogens is 292 g/mol. The maximum Gasteiger partial charge on any atom is 0.225 e. The van der Waals surface area contributed by atoms with Crippen LogP contribution in [0.3, 0.4) is 0 Å². The highest BCUT2D eigenvalue weighted by atomic mass is 79.9. The molecule has 1 aliphatic rings. The van der Waals surface area contributed by atoms with Crippen LogP contribution in [-0.4, -0.2) is 10.9 Å². The van der Waals surface area contributed by atoms with Gasteiger partial charge in [0.1, 0.15) is 5.82 Å². The number of anilines is 1. The number of nitrogens with zero attached hydrogens (tertiary/aromatic N) is 1. The highest BCUT2D eigenvalue weighted by Gasteiger charge is 2.14. The number of amides is 1. The van der Waals surface area contributed by atoms with Crippen molar-refractivity contribution in [3.05, 3.63) is 22.8 Å². The molecule has 0 unspecified atom stereocenters. The van der Waals surface area contributed by atoms with Gasteiger partial charge in [-0.3, -0.25) is 4.79 Å². The first-order chi connectivity index (χ1) is 8.74. The van der Waals surface area contributed by atoms with Gasteiger partial charge in [-0.05, 0) is 46.8 Å². The van der Waals surface area contributed by atoms with Crippen LogP contribution in [0.5, 0.6) is 0 Å². The Bertz CT molecular complexity index is 385. The number of nitrogens with one attached hydrogen (secondary N) is 1. The average Bonchev–Trinajstić information content (AvgIpc) is 2.85. The molecule has 0 aromatic carbocycles. The van der Waals surface area contributed by atoms with E-state index in [9.17, 15) is 4.79 Å². The standard InChI is InChI=1S/C14H19BrN2O/c15-12-8-9-13(16-10-12)17-14(18)7-3-6-11-4-1-2-5-11/h8-11H,1-7H2,(H,16,17,18). The van der Waals surface area contributed by atoms with Crippen LogP contribution >= 0.6 is 15.9 Å². The van der Waals surface area contributed by atoms with Gasteiger partial charge in [0.15, 0.2) is 0 Å². The summed E-state index contributed by atoms with van der Waals surface area (Å²) in [6.45, 7) is 0. The Hall–Kier alpha value is -0.900. The van der Waals surface area contributed by atoms with Crippen LogP contribution in [0.15, 0.2) is 22.8 Å². The zero-order chi connectivity index (χ0) is 12.8. The van der Waals surface area contributed by atoms with Crippen LogP contribution in [0, 0.1) is 5.92 Å². The zero-order valence-corrected chi connectivity index (χ0v) is 12.1. The highest BCUT2D eigenvalue weighted by Crippen LogP contribution is 2.28. The molecule has 1 N–H and O–H groups in total. The smallest absolute Gasteiger partial charge is 0.225 e. The summed E-state index contributed by atoms with van der Waals surface area (Å²) in [4.78, 5) is 15.8. The predicted molar refractivity (Wildman–Crippen MR) is 76.4 cm³/mol. The minimum atomic E-state index is 0.0721. The minimum absolute atomic E-state index is 0.0721. The number of pyridine rings is 1. The van der Waals surface area contributed by atoms with Crippen LogP contribution < -0.4 is 5.32 Å². The second kappa shape index (κ2) is 6.88. The van der Waals surface area contributed by atoms with Crippen molar-refractivity contribution in [1.29, 1.82) is 0 Å². The van der Waals surface area contributed by atoms with Gasteiger partial charge in [0.05, 0.1) is 0 Å². The first-order valence-electron chi connectivity index (χ1n) is 6.65. The molecule has 1 aromatic heterocycles. The van der Waals surface area contributed by atoms with Gasteiger partial charge in [-0.1, -0.05) is 25.7 Å². The number of halogens is 1. The Morgan fingerprint density at radius 3 is 2.83 bits per heavy atom.